The highest BCUT2D eigenvalue weighted by atomic mass is 15.1. The van der Waals surface area contributed by atoms with Crippen molar-refractivity contribution in [3.05, 3.63) is 34.9 Å². The van der Waals surface area contributed by atoms with Gasteiger partial charge in [-0.25, -0.2) is 0 Å². The normalized spacial score (nSPS) is 25.3. The number of hydrogen-bond acceptors (Lipinski definition) is 2. The Morgan fingerprint density at radius 2 is 2.11 bits per heavy atom. The molecule has 0 amide bonds. The molecule has 1 N–H and O–H groups in total. The molecule has 2 heteroatoms. The molecular weight excluding hydrogens is 220 g/mol. The first-order valence-electron chi connectivity index (χ1n) is 7.04. The van der Waals surface area contributed by atoms with Crippen molar-refractivity contribution in [3.8, 4) is 0 Å². The molecule has 0 saturated carbocycles. The molecule has 1 saturated heterocycles. The van der Waals surface area contributed by atoms with Gasteiger partial charge in [0.05, 0.1) is 0 Å². The van der Waals surface area contributed by atoms with Gasteiger partial charge in [-0.2, -0.15) is 0 Å². The Balaban J connectivity index is 1.93. The largest absolute Gasteiger partial charge is 0.310 e. The number of piperidine rings is 1. The van der Waals surface area contributed by atoms with Crippen LogP contribution in [-0.2, 0) is 6.54 Å². The van der Waals surface area contributed by atoms with Crippen LogP contribution in [0.1, 0.15) is 30.0 Å². The lowest BCUT2D eigenvalue weighted by Crippen LogP contribution is -2.46. The number of aryl methyl sites for hydroxylation is 2. The van der Waals surface area contributed by atoms with E-state index in [1.807, 2.05) is 0 Å². The van der Waals surface area contributed by atoms with E-state index in [1.54, 1.807) is 0 Å². The first-order chi connectivity index (χ1) is 8.56. The summed E-state index contributed by atoms with van der Waals surface area (Å²) in [5.74, 6) is 0.744. The Bertz CT molecular complexity index is 400. The summed E-state index contributed by atoms with van der Waals surface area (Å²) in [6.07, 6.45) is 1.27. The molecule has 1 aliphatic heterocycles. The van der Waals surface area contributed by atoms with Gasteiger partial charge >= 0.3 is 0 Å². The molecule has 18 heavy (non-hydrogen) atoms. The van der Waals surface area contributed by atoms with E-state index in [4.69, 9.17) is 0 Å². The maximum Gasteiger partial charge on any atom is 0.0210 e. The molecule has 1 heterocycles. The second-order valence-electron chi connectivity index (χ2n) is 5.95. The standard InChI is InChI=1S/C16H26N2/c1-12-5-6-13(2)15(9-12)10-17-16-7-8-18(4)11-14(16)3/h5-6,9,14,16-17H,7-8,10-11H2,1-4H3. The fourth-order valence-corrected chi connectivity index (χ4v) is 2.89. The van der Waals surface area contributed by atoms with E-state index in [2.05, 4.69) is 56.2 Å². The third kappa shape index (κ3) is 3.33. The number of likely N-dealkylation sites (tertiary alicyclic amines) is 1. The zero-order valence-corrected chi connectivity index (χ0v) is 12.2. The maximum absolute atomic E-state index is 3.75. The summed E-state index contributed by atoms with van der Waals surface area (Å²) < 4.78 is 0. The van der Waals surface area contributed by atoms with Crippen LogP contribution in [0.15, 0.2) is 18.2 Å². The van der Waals surface area contributed by atoms with Gasteiger partial charge in [0.15, 0.2) is 0 Å². The highest BCUT2D eigenvalue weighted by Crippen LogP contribution is 2.17. The first-order valence-corrected chi connectivity index (χ1v) is 7.04. The molecule has 1 aromatic rings. The number of hydrogen-bond donors (Lipinski definition) is 1. The topological polar surface area (TPSA) is 15.3 Å². The summed E-state index contributed by atoms with van der Waals surface area (Å²) in [7, 11) is 2.22. The molecule has 0 spiro atoms. The van der Waals surface area contributed by atoms with E-state index in [9.17, 15) is 0 Å². The van der Waals surface area contributed by atoms with Crippen molar-refractivity contribution < 1.29 is 0 Å². The summed E-state index contributed by atoms with van der Waals surface area (Å²) in [5, 5.41) is 3.75. The van der Waals surface area contributed by atoms with Crippen molar-refractivity contribution in [2.24, 2.45) is 5.92 Å². The second kappa shape index (κ2) is 5.85. The van der Waals surface area contributed by atoms with Crippen molar-refractivity contribution in [1.82, 2.24) is 10.2 Å². The second-order valence-corrected chi connectivity index (χ2v) is 5.95. The predicted octanol–water partition coefficient (Wildman–Crippen LogP) is 2.73. The molecule has 1 aromatic carbocycles. The van der Waals surface area contributed by atoms with Crippen LogP contribution in [0.4, 0.5) is 0 Å². The number of benzene rings is 1. The zero-order valence-electron chi connectivity index (χ0n) is 12.2. The zero-order chi connectivity index (χ0) is 13.1. The van der Waals surface area contributed by atoms with Gasteiger partial charge in [0, 0.05) is 19.1 Å². The van der Waals surface area contributed by atoms with Gasteiger partial charge in [-0.15, -0.1) is 0 Å². The van der Waals surface area contributed by atoms with Crippen LogP contribution in [0, 0.1) is 19.8 Å². The Kier molecular flexibility index (Phi) is 4.41. The van der Waals surface area contributed by atoms with Crippen molar-refractivity contribution in [3.63, 3.8) is 0 Å². The molecular formula is C16H26N2. The Morgan fingerprint density at radius 1 is 1.33 bits per heavy atom. The smallest absolute Gasteiger partial charge is 0.0210 e. The molecule has 1 aliphatic rings. The van der Waals surface area contributed by atoms with E-state index in [0.717, 1.165) is 12.5 Å². The molecule has 2 atom stereocenters. The lowest BCUT2D eigenvalue weighted by atomic mass is 9.93. The van der Waals surface area contributed by atoms with Gasteiger partial charge in [0.1, 0.15) is 0 Å². The molecule has 0 radical (unpaired) electrons. The fraction of sp³-hybridized carbons (Fsp3) is 0.625. The third-order valence-corrected chi connectivity index (χ3v) is 4.17. The highest BCUT2D eigenvalue weighted by Gasteiger charge is 2.23. The number of nitrogens with zero attached hydrogens (tertiary/aromatic N) is 1. The van der Waals surface area contributed by atoms with E-state index in [0.29, 0.717) is 6.04 Å². The summed E-state index contributed by atoms with van der Waals surface area (Å²) in [6, 6.07) is 7.39. The van der Waals surface area contributed by atoms with Crippen molar-refractivity contribution in [2.45, 2.75) is 39.8 Å². The quantitative estimate of drug-likeness (QED) is 0.882. The van der Waals surface area contributed by atoms with E-state index in [-0.39, 0.29) is 0 Å². The van der Waals surface area contributed by atoms with Crippen LogP contribution in [-0.4, -0.2) is 31.1 Å². The molecule has 0 aliphatic carbocycles. The van der Waals surface area contributed by atoms with Gasteiger partial charge in [-0.1, -0.05) is 30.7 Å². The monoisotopic (exact) mass is 246 g/mol. The number of nitrogens with one attached hydrogen (secondary N) is 1. The van der Waals surface area contributed by atoms with Crippen LogP contribution in [0.2, 0.25) is 0 Å². The van der Waals surface area contributed by atoms with Crippen molar-refractivity contribution in [2.75, 3.05) is 20.1 Å². The average molecular weight is 246 g/mol. The first kappa shape index (κ1) is 13.6. The van der Waals surface area contributed by atoms with E-state index in [1.165, 1.54) is 36.2 Å². The predicted molar refractivity (Wildman–Crippen MR) is 77.8 cm³/mol. The van der Waals surface area contributed by atoms with Crippen molar-refractivity contribution in [1.29, 1.82) is 0 Å². The van der Waals surface area contributed by atoms with Gasteiger partial charge in [0.2, 0.25) is 0 Å². The minimum absolute atomic E-state index is 0.668. The summed E-state index contributed by atoms with van der Waals surface area (Å²) in [6.45, 7) is 10.2. The molecule has 0 bridgehead atoms. The fourth-order valence-electron chi connectivity index (χ4n) is 2.89. The molecule has 2 rings (SSSR count). The van der Waals surface area contributed by atoms with Crippen LogP contribution in [0.3, 0.4) is 0 Å². The molecule has 100 valence electrons. The molecule has 0 aromatic heterocycles. The average Bonchev–Trinajstić information content (AvgIpc) is 2.32. The van der Waals surface area contributed by atoms with Gasteiger partial charge in [-0.05, 0) is 50.9 Å². The van der Waals surface area contributed by atoms with Crippen molar-refractivity contribution >= 4 is 0 Å². The molecule has 2 unspecified atom stereocenters. The van der Waals surface area contributed by atoms with Gasteiger partial charge < -0.3 is 10.2 Å². The summed E-state index contributed by atoms with van der Waals surface area (Å²) in [5.41, 5.74) is 4.20. The van der Waals surface area contributed by atoms with E-state index >= 15 is 0 Å². The lowest BCUT2D eigenvalue weighted by Gasteiger charge is -2.35. The Hall–Kier alpha value is -0.860. The minimum Gasteiger partial charge on any atom is -0.310 e. The SMILES string of the molecule is Cc1ccc(C)c(CNC2CCN(C)CC2C)c1. The Morgan fingerprint density at radius 3 is 2.83 bits per heavy atom. The summed E-state index contributed by atoms with van der Waals surface area (Å²) >= 11 is 0. The lowest BCUT2D eigenvalue weighted by molar-refractivity contribution is 0.174. The van der Waals surface area contributed by atoms with Crippen LogP contribution in [0.5, 0.6) is 0 Å². The molecule has 2 nitrogen and oxygen atoms in total. The van der Waals surface area contributed by atoms with Gasteiger partial charge in [0.25, 0.3) is 0 Å². The van der Waals surface area contributed by atoms with Crippen LogP contribution >= 0.6 is 0 Å². The van der Waals surface area contributed by atoms with Gasteiger partial charge in [-0.3, -0.25) is 0 Å². The van der Waals surface area contributed by atoms with Crippen LogP contribution < -0.4 is 5.32 Å². The highest BCUT2D eigenvalue weighted by molar-refractivity contribution is 5.30. The van der Waals surface area contributed by atoms with E-state index < -0.39 is 0 Å². The maximum atomic E-state index is 3.75. The number of rotatable bonds is 3. The minimum atomic E-state index is 0.668. The Labute approximate surface area is 111 Å². The third-order valence-electron chi connectivity index (χ3n) is 4.17. The van der Waals surface area contributed by atoms with Crippen LogP contribution in [0.25, 0.3) is 0 Å². The molecule has 1 fully saturated rings. The summed E-state index contributed by atoms with van der Waals surface area (Å²) in [4.78, 5) is 2.43.